The number of nitrogens with zero attached hydrogens (tertiary/aromatic N) is 2. The van der Waals surface area contributed by atoms with E-state index in [0.29, 0.717) is 37.7 Å². The van der Waals surface area contributed by atoms with Crippen molar-refractivity contribution in [2.24, 2.45) is 29.6 Å². The number of hydrogen-bond donors (Lipinski definition) is 1. The minimum atomic E-state index is -3.98. The molecule has 3 aromatic rings. The molecule has 3 aliphatic rings. The highest BCUT2D eigenvalue weighted by Gasteiger charge is 2.56. The van der Waals surface area contributed by atoms with Gasteiger partial charge in [0.2, 0.25) is 10.0 Å². The van der Waals surface area contributed by atoms with E-state index in [1.165, 1.54) is 4.31 Å². The number of sulfonamides is 1. The molecular weight excluding hydrogens is 608 g/mol. The molecule has 6 rings (SSSR count). The Hall–Kier alpha value is -3.09. The van der Waals surface area contributed by atoms with E-state index in [9.17, 15) is 18.3 Å². The summed E-state index contributed by atoms with van der Waals surface area (Å²) >= 11 is 0. The van der Waals surface area contributed by atoms with Crippen LogP contribution in [0.4, 0.5) is 0 Å². The molecule has 1 aromatic heterocycles. The number of benzene rings is 2. The van der Waals surface area contributed by atoms with Gasteiger partial charge in [0.05, 0.1) is 36.8 Å². The van der Waals surface area contributed by atoms with Crippen LogP contribution in [-0.2, 0) is 41.9 Å². The predicted octanol–water partition coefficient (Wildman–Crippen LogP) is 4.71. The van der Waals surface area contributed by atoms with E-state index in [-0.39, 0.29) is 60.5 Å². The molecule has 1 saturated carbocycles. The maximum Gasteiger partial charge on any atom is 0.306 e. The van der Waals surface area contributed by atoms with Crippen LogP contribution in [0.2, 0.25) is 0 Å². The fraction of sp³-hybridized carbons (Fsp3) is 0.543. The molecule has 7 atom stereocenters. The molecule has 1 N–H and O–H groups in total. The Kier molecular flexibility index (Phi) is 9.96. The number of ether oxygens (including phenoxy) is 3. The van der Waals surface area contributed by atoms with Crippen LogP contribution >= 0.6 is 0 Å². The third-order valence-electron chi connectivity index (χ3n) is 9.46. The van der Waals surface area contributed by atoms with Crippen molar-refractivity contribution in [3.8, 4) is 11.3 Å². The number of aromatic nitrogens is 1. The smallest absolute Gasteiger partial charge is 0.306 e. The fourth-order valence-corrected chi connectivity index (χ4v) is 8.73. The highest BCUT2D eigenvalue weighted by molar-refractivity contribution is 7.89. The van der Waals surface area contributed by atoms with Crippen LogP contribution in [0.25, 0.3) is 11.3 Å². The molecule has 5 unspecified atom stereocenters. The number of carbonyl (C=O) groups excluding carboxylic acids is 1. The molecule has 2 aliphatic heterocycles. The van der Waals surface area contributed by atoms with E-state index in [1.54, 1.807) is 30.5 Å². The topological polar surface area (TPSA) is 128 Å². The summed E-state index contributed by atoms with van der Waals surface area (Å²) in [7, 11) is -3.98. The summed E-state index contributed by atoms with van der Waals surface area (Å²) in [4.78, 5) is 17.8. The van der Waals surface area contributed by atoms with Gasteiger partial charge in [0.25, 0.3) is 0 Å². The highest BCUT2D eigenvalue weighted by atomic mass is 32.2. The van der Waals surface area contributed by atoms with Gasteiger partial charge >= 0.3 is 5.97 Å². The number of fused-ring (bicyclic) bond motifs is 1. The van der Waals surface area contributed by atoms with Crippen LogP contribution in [0.5, 0.6) is 0 Å². The van der Waals surface area contributed by atoms with Crippen LogP contribution in [0.3, 0.4) is 0 Å². The number of aliphatic hydroxyl groups excluding tert-OH is 1. The van der Waals surface area contributed by atoms with Gasteiger partial charge in [0.15, 0.2) is 17.9 Å². The van der Waals surface area contributed by atoms with Gasteiger partial charge < -0.3 is 23.7 Å². The third-order valence-corrected chi connectivity index (χ3v) is 11.3. The van der Waals surface area contributed by atoms with Crippen molar-refractivity contribution in [3.05, 3.63) is 72.2 Å². The molecule has 248 valence electrons. The van der Waals surface area contributed by atoms with Crippen molar-refractivity contribution in [2.75, 3.05) is 26.3 Å². The van der Waals surface area contributed by atoms with Gasteiger partial charge in [0.1, 0.15) is 6.10 Å². The Morgan fingerprint density at radius 1 is 1.04 bits per heavy atom. The summed E-state index contributed by atoms with van der Waals surface area (Å²) in [6.45, 7) is 6.89. The molecular formula is C35H44N2O8S. The summed E-state index contributed by atoms with van der Waals surface area (Å²) < 4.78 is 52.7. The largest absolute Gasteiger partial charge is 0.462 e. The first-order valence-corrected chi connectivity index (χ1v) is 17.8. The maximum atomic E-state index is 14.0. The van der Waals surface area contributed by atoms with Gasteiger partial charge in [-0.15, -0.1) is 0 Å². The molecule has 0 amide bonds. The summed E-state index contributed by atoms with van der Waals surface area (Å²) in [5.74, 6) is 0.734. The van der Waals surface area contributed by atoms with E-state index in [1.807, 2.05) is 51.1 Å². The Bertz CT molecular complexity index is 1580. The lowest BCUT2D eigenvalue weighted by Crippen LogP contribution is -2.43. The number of carbonyl (C=O) groups is 1. The Morgan fingerprint density at radius 3 is 2.48 bits per heavy atom. The minimum Gasteiger partial charge on any atom is -0.462 e. The third kappa shape index (κ3) is 7.08. The molecule has 2 aromatic carbocycles. The fourth-order valence-electron chi connectivity index (χ4n) is 7.11. The average molecular weight is 653 g/mol. The second kappa shape index (κ2) is 13.9. The van der Waals surface area contributed by atoms with Gasteiger partial charge in [-0.05, 0) is 48.6 Å². The van der Waals surface area contributed by atoms with Crippen LogP contribution in [0, 0.1) is 29.6 Å². The van der Waals surface area contributed by atoms with Crippen molar-refractivity contribution in [1.82, 2.24) is 9.29 Å². The molecule has 0 radical (unpaired) electrons. The SMILES string of the molecule is CCc1ncc(-c2ccc(S(=O)(=O)N(CC(C)C)C[C@@H](O)[C@@H](CC(=O)OC3C4COC5OCC3C5C4)Cc3ccccc3)cc2)o1. The van der Waals surface area contributed by atoms with Crippen LogP contribution < -0.4 is 0 Å². The van der Waals surface area contributed by atoms with Crippen LogP contribution in [-0.4, -0.2) is 73.6 Å². The van der Waals surface area contributed by atoms with Crippen LogP contribution in [0.1, 0.15) is 45.1 Å². The van der Waals surface area contributed by atoms with Crippen molar-refractivity contribution < 1.29 is 36.9 Å². The summed E-state index contributed by atoms with van der Waals surface area (Å²) in [5, 5.41) is 11.7. The summed E-state index contributed by atoms with van der Waals surface area (Å²) in [6, 6.07) is 16.1. The number of aryl methyl sites for hydroxylation is 1. The van der Waals surface area contributed by atoms with Crippen LogP contribution in [0.15, 0.2) is 70.1 Å². The highest BCUT2D eigenvalue weighted by Crippen LogP contribution is 2.49. The molecule has 3 heterocycles. The average Bonchev–Trinajstić information content (AvgIpc) is 3.76. The van der Waals surface area contributed by atoms with Crippen molar-refractivity contribution in [1.29, 1.82) is 0 Å². The lowest BCUT2D eigenvalue weighted by molar-refractivity contribution is -0.178. The second-order valence-corrected chi connectivity index (χ2v) is 15.2. The van der Waals surface area contributed by atoms with Crippen molar-refractivity contribution >= 4 is 16.0 Å². The first kappa shape index (κ1) is 32.8. The minimum absolute atomic E-state index is 0.00171. The number of rotatable bonds is 14. The maximum absolute atomic E-state index is 14.0. The van der Waals surface area contributed by atoms with E-state index >= 15 is 0 Å². The molecule has 2 bridgehead atoms. The Morgan fingerprint density at radius 2 is 1.78 bits per heavy atom. The van der Waals surface area contributed by atoms with E-state index in [0.717, 1.165) is 17.5 Å². The summed E-state index contributed by atoms with van der Waals surface area (Å²) in [6.07, 6.45) is 1.97. The first-order valence-electron chi connectivity index (χ1n) is 16.3. The van der Waals surface area contributed by atoms with Crippen molar-refractivity contribution in [3.63, 3.8) is 0 Å². The molecule has 46 heavy (non-hydrogen) atoms. The molecule has 1 aliphatic carbocycles. The monoisotopic (exact) mass is 652 g/mol. The standard InChI is InChI=1S/C35H44N2O8S/c1-4-32-36-17-31(44-32)24-10-12-27(13-11-24)46(40,41)37(18-22(2)3)19-30(38)25(14-23-8-6-5-7-9-23)16-33(39)45-34-26-15-28-29(34)21-43-35(28)42-20-26/h5-13,17,22,25-26,28-30,34-35,38H,4,14-16,18-21H2,1-3H3/t25-,26?,28?,29?,30-,34?,35?/m1/s1. The van der Waals surface area contributed by atoms with E-state index in [4.69, 9.17) is 18.6 Å². The Balaban J connectivity index is 1.19. The van der Waals surface area contributed by atoms with E-state index in [2.05, 4.69) is 4.98 Å². The molecule has 11 heteroatoms. The number of hydrogen-bond acceptors (Lipinski definition) is 9. The Labute approximate surface area is 271 Å². The van der Waals surface area contributed by atoms with Gasteiger partial charge in [-0.1, -0.05) is 51.1 Å². The van der Waals surface area contributed by atoms with Gasteiger partial charge in [-0.3, -0.25) is 4.79 Å². The molecule has 2 saturated heterocycles. The normalized spacial score (nSPS) is 25.2. The van der Waals surface area contributed by atoms with Gasteiger partial charge in [-0.2, -0.15) is 4.31 Å². The molecule has 3 fully saturated rings. The summed E-state index contributed by atoms with van der Waals surface area (Å²) in [5.41, 5.74) is 1.67. The lowest BCUT2D eigenvalue weighted by Gasteiger charge is -2.31. The first-order chi connectivity index (χ1) is 22.1. The number of esters is 1. The molecule has 10 nitrogen and oxygen atoms in total. The zero-order chi connectivity index (χ0) is 32.4. The quantitative estimate of drug-likeness (QED) is 0.246. The number of oxazole rings is 1. The number of aliphatic hydroxyl groups is 1. The zero-order valence-corrected chi connectivity index (χ0v) is 27.5. The molecule has 0 spiro atoms. The second-order valence-electron chi connectivity index (χ2n) is 13.2. The van der Waals surface area contributed by atoms with E-state index < -0.39 is 28.0 Å². The van der Waals surface area contributed by atoms with Gasteiger partial charge in [-0.25, -0.2) is 13.4 Å². The predicted molar refractivity (Wildman–Crippen MR) is 170 cm³/mol. The lowest BCUT2D eigenvalue weighted by atomic mass is 9.90. The van der Waals surface area contributed by atoms with Crippen molar-refractivity contribution in [2.45, 2.75) is 69.8 Å². The zero-order valence-electron chi connectivity index (χ0n) is 26.7. The van der Waals surface area contributed by atoms with Gasteiger partial charge in [0, 0.05) is 48.7 Å².